The molecule has 182 valence electrons. The molecule has 4 aromatic rings. The summed E-state index contributed by atoms with van der Waals surface area (Å²) in [6.07, 6.45) is 2.59. The summed E-state index contributed by atoms with van der Waals surface area (Å²) >= 11 is 0. The number of fused-ring (bicyclic) bond motifs is 1. The predicted octanol–water partition coefficient (Wildman–Crippen LogP) is 3.71. The first kappa shape index (κ1) is 24.4. The number of halogens is 2. The molecule has 0 radical (unpaired) electrons. The van der Waals surface area contributed by atoms with Crippen LogP contribution in [0.15, 0.2) is 60.8 Å². The lowest BCUT2D eigenvalue weighted by Gasteiger charge is -2.23. The Morgan fingerprint density at radius 3 is 2.51 bits per heavy atom. The molecule has 0 bridgehead atoms. The third-order valence-corrected chi connectivity index (χ3v) is 6.01. The average molecular weight is 480 g/mol. The Kier molecular flexibility index (Phi) is 7.48. The first-order valence-electron chi connectivity index (χ1n) is 11.4. The number of carboxylic acid groups (broad SMARTS) is 1. The molecular weight excluding hydrogens is 452 g/mol. The van der Waals surface area contributed by atoms with Gasteiger partial charge in [0.05, 0.1) is 5.56 Å². The Hall–Kier alpha value is -3.69. The van der Waals surface area contributed by atoms with Crippen molar-refractivity contribution >= 4 is 11.6 Å². The number of aryl methyl sites for hydroxylation is 1. The van der Waals surface area contributed by atoms with Gasteiger partial charge in [0, 0.05) is 37.3 Å². The number of rotatable bonds is 10. The number of aromatic nitrogens is 3. The van der Waals surface area contributed by atoms with E-state index < -0.39 is 29.6 Å². The van der Waals surface area contributed by atoms with Gasteiger partial charge >= 0.3 is 5.97 Å². The van der Waals surface area contributed by atoms with Crippen molar-refractivity contribution < 1.29 is 18.7 Å². The van der Waals surface area contributed by atoms with Crippen LogP contribution in [0.5, 0.6) is 0 Å². The Labute approximate surface area is 201 Å². The van der Waals surface area contributed by atoms with Gasteiger partial charge in [-0.1, -0.05) is 31.2 Å². The molecule has 0 aliphatic rings. The maximum absolute atomic E-state index is 13.8. The lowest BCUT2D eigenvalue weighted by Crippen LogP contribution is -2.38. The normalized spacial score (nSPS) is 13.1. The summed E-state index contributed by atoms with van der Waals surface area (Å²) in [7, 11) is 0. The van der Waals surface area contributed by atoms with Gasteiger partial charge in [0.25, 0.3) is 0 Å². The molecule has 2 unspecified atom stereocenters. The summed E-state index contributed by atoms with van der Waals surface area (Å²) in [6, 6.07) is 14.0. The first-order chi connectivity index (χ1) is 16.8. The van der Waals surface area contributed by atoms with E-state index in [0.717, 1.165) is 18.1 Å². The molecule has 4 rings (SSSR count). The Morgan fingerprint density at radius 2 is 1.80 bits per heavy atom. The summed E-state index contributed by atoms with van der Waals surface area (Å²) in [5.41, 5.74) is 9.91. The van der Waals surface area contributed by atoms with Crippen molar-refractivity contribution in [3.8, 4) is 0 Å². The van der Waals surface area contributed by atoms with E-state index in [0.29, 0.717) is 30.1 Å². The second-order valence-electron chi connectivity index (χ2n) is 8.57. The molecule has 7 nitrogen and oxygen atoms in total. The van der Waals surface area contributed by atoms with Crippen LogP contribution in [0.2, 0.25) is 0 Å². The summed E-state index contributed by atoms with van der Waals surface area (Å²) < 4.78 is 29.1. The van der Waals surface area contributed by atoms with Crippen molar-refractivity contribution in [2.45, 2.75) is 38.3 Å². The first-order valence-corrected chi connectivity index (χ1v) is 11.4. The second-order valence-corrected chi connectivity index (χ2v) is 8.57. The maximum atomic E-state index is 13.8. The highest BCUT2D eigenvalue weighted by Crippen LogP contribution is 2.22. The summed E-state index contributed by atoms with van der Waals surface area (Å²) in [5, 5.41) is 21.3. The lowest BCUT2D eigenvalue weighted by molar-refractivity contribution is 0.0696. The number of pyridine rings is 1. The highest BCUT2D eigenvalue weighted by atomic mass is 19.1. The highest BCUT2D eigenvalue weighted by molar-refractivity contribution is 5.87. The molecule has 35 heavy (non-hydrogen) atoms. The molecular formula is C26H27F2N5O2. The van der Waals surface area contributed by atoms with Crippen molar-refractivity contribution in [1.82, 2.24) is 19.9 Å². The number of hydrogen-bond donors (Lipinski definition) is 3. The van der Waals surface area contributed by atoms with Crippen molar-refractivity contribution in [1.29, 1.82) is 0 Å². The second kappa shape index (κ2) is 10.7. The van der Waals surface area contributed by atoms with Crippen molar-refractivity contribution in [3.05, 3.63) is 101 Å². The number of aromatic carboxylic acids is 1. The van der Waals surface area contributed by atoms with Crippen LogP contribution < -0.4 is 11.1 Å². The van der Waals surface area contributed by atoms with E-state index >= 15 is 0 Å². The molecule has 9 heteroatoms. The molecule has 0 saturated heterocycles. The number of benzene rings is 2. The van der Waals surface area contributed by atoms with Gasteiger partial charge < -0.3 is 16.2 Å². The van der Waals surface area contributed by atoms with E-state index in [9.17, 15) is 18.7 Å². The zero-order valence-corrected chi connectivity index (χ0v) is 19.3. The molecule has 0 aliphatic heterocycles. The Balaban J connectivity index is 1.62. The summed E-state index contributed by atoms with van der Waals surface area (Å²) in [6.45, 7) is 3.08. The third-order valence-electron chi connectivity index (χ3n) is 6.01. The number of carbonyl (C=O) groups is 1. The number of nitrogens with zero attached hydrogens (tertiary/aromatic N) is 3. The monoisotopic (exact) mass is 479 g/mol. The number of nitrogens with two attached hydrogens (primary N) is 1. The Morgan fingerprint density at radius 1 is 1.06 bits per heavy atom. The zero-order valence-electron chi connectivity index (χ0n) is 19.3. The largest absolute Gasteiger partial charge is 0.478 e. The maximum Gasteiger partial charge on any atom is 0.337 e. The molecule has 2 aromatic heterocycles. The summed E-state index contributed by atoms with van der Waals surface area (Å²) in [5.74, 6) is -2.36. The van der Waals surface area contributed by atoms with Crippen LogP contribution in [0.1, 0.15) is 45.7 Å². The van der Waals surface area contributed by atoms with E-state index in [2.05, 4.69) is 34.6 Å². The van der Waals surface area contributed by atoms with Gasteiger partial charge in [0.2, 0.25) is 0 Å². The van der Waals surface area contributed by atoms with Crippen LogP contribution in [0.25, 0.3) is 5.65 Å². The number of nitrogens with one attached hydrogen (secondary N) is 1. The van der Waals surface area contributed by atoms with Crippen molar-refractivity contribution in [2.75, 3.05) is 6.54 Å². The number of carboxylic acids is 1. The van der Waals surface area contributed by atoms with Gasteiger partial charge in [-0.3, -0.25) is 4.40 Å². The minimum atomic E-state index is -1.07. The van der Waals surface area contributed by atoms with Crippen LogP contribution in [0.4, 0.5) is 8.78 Å². The predicted molar refractivity (Wildman–Crippen MR) is 128 cm³/mol. The van der Waals surface area contributed by atoms with Gasteiger partial charge in [0.1, 0.15) is 17.5 Å². The summed E-state index contributed by atoms with van der Waals surface area (Å²) in [4.78, 5) is 11.5. The standard InChI is InChI=1S/C26H27F2N5O2/c1-2-16-4-3-5-17(8-16)13-30-14-22(23(29)11-18-9-20(27)12-21(28)10-18)25-32-31-24-7-6-19(26(34)35)15-33(24)25/h3-10,12,15,22-23,30H,2,11,13-14,29H2,1H3,(H,34,35). The third kappa shape index (κ3) is 5.87. The molecule has 0 spiro atoms. The fourth-order valence-corrected chi connectivity index (χ4v) is 4.20. The van der Waals surface area contributed by atoms with Gasteiger partial charge in [-0.05, 0) is 53.8 Å². The molecule has 2 heterocycles. The lowest BCUT2D eigenvalue weighted by atomic mass is 9.93. The van der Waals surface area contributed by atoms with E-state index in [1.54, 1.807) is 10.5 Å². The average Bonchev–Trinajstić information content (AvgIpc) is 3.24. The molecule has 2 aromatic carbocycles. The van der Waals surface area contributed by atoms with E-state index in [4.69, 9.17) is 5.73 Å². The highest BCUT2D eigenvalue weighted by Gasteiger charge is 2.26. The SMILES string of the molecule is CCc1cccc(CNCC(c2nnc3ccc(C(=O)O)cn23)C(N)Cc2cc(F)cc(F)c2)c1. The minimum absolute atomic E-state index is 0.0856. The van der Waals surface area contributed by atoms with Crippen LogP contribution in [-0.4, -0.2) is 38.3 Å². The number of hydrogen-bond acceptors (Lipinski definition) is 5. The van der Waals surface area contributed by atoms with E-state index in [1.807, 2.05) is 12.1 Å². The van der Waals surface area contributed by atoms with Crippen LogP contribution in [-0.2, 0) is 19.4 Å². The Bertz CT molecular complexity index is 1320. The van der Waals surface area contributed by atoms with Gasteiger partial charge in [0.15, 0.2) is 5.65 Å². The smallest absolute Gasteiger partial charge is 0.337 e. The van der Waals surface area contributed by atoms with Crippen molar-refractivity contribution in [2.24, 2.45) is 5.73 Å². The molecule has 0 fully saturated rings. The van der Waals surface area contributed by atoms with Crippen LogP contribution in [0, 0.1) is 11.6 Å². The molecule has 4 N–H and O–H groups in total. The topological polar surface area (TPSA) is 106 Å². The van der Waals surface area contributed by atoms with E-state index in [-0.39, 0.29) is 12.0 Å². The van der Waals surface area contributed by atoms with Crippen molar-refractivity contribution in [3.63, 3.8) is 0 Å². The van der Waals surface area contributed by atoms with E-state index in [1.165, 1.54) is 30.0 Å². The minimum Gasteiger partial charge on any atom is -0.478 e. The molecule has 0 saturated carbocycles. The quantitative estimate of drug-likeness (QED) is 0.320. The van der Waals surface area contributed by atoms with Crippen LogP contribution in [0.3, 0.4) is 0 Å². The van der Waals surface area contributed by atoms with Gasteiger partial charge in [-0.2, -0.15) is 0 Å². The molecule has 0 aliphatic carbocycles. The van der Waals surface area contributed by atoms with Crippen LogP contribution >= 0.6 is 0 Å². The van der Waals surface area contributed by atoms with Gasteiger partial charge in [-0.25, -0.2) is 13.6 Å². The zero-order chi connectivity index (χ0) is 24.9. The molecule has 2 atom stereocenters. The fraction of sp³-hybridized carbons (Fsp3) is 0.269. The molecule has 0 amide bonds. The van der Waals surface area contributed by atoms with Gasteiger partial charge in [-0.15, -0.1) is 10.2 Å². The fourth-order valence-electron chi connectivity index (χ4n) is 4.20.